The molecule has 0 aromatic carbocycles. The summed E-state index contributed by atoms with van der Waals surface area (Å²) in [7, 11) is -3.41. The summed E-state index contributed by atoms with van der Waals surface area (Å²) in [5.41, 5.74) is 4.65. The highest BCUT2D eigenvalue weighted by atomic mass is 32.2. The van der Waals surface area contributed by atoms with Crippen molar-refractivity contribution >= 4 is 22.0 Å². The van der Waals surface area contributed by atoms with Crippen LogP contribution in [0.2, 0.25) is 0 Å². The average Bonchev–Trinajstić information content (AvgIpc) is 2.64. The molecule has 1 aliphatic carbocycles. The minimum absolute atomic E-state index is 0.180. The molecule has 0 radical (unpaired) electrons. The topological polar surface area (TPSA) is 110 Å². The Balaban J connectivity index is 2.80. The third-order valence-electron chi connectivity index (χ3n) is 5.31. The van der Waals surface area contributed by atoms with Crippen molar-refractivity contribution in [1.82, 2.24) is 5.32 Å². The van der Waals surface area contributed by atoms with Gasteiger partial charge in [0.25, 0.3) is 10.1 Å². The van der Waals surface area contributed by atoms with Crippen LogP contribution >= 0.6 is 0 Å². The summed E-state index contributed by atoms with van der Waals surface area (Å²) in [5.74, 6) is -2.60. The number of ether oxygens (including phenoxy) is 1. The van der Waals surface area contributed by atoms with Gasteiger partial charge in [-0.1, -0.05) is 55.4 Å². The van der Waals surface area contributed by atoms with Gasteiger partial charge in [-0.15, -0.1) is 0 Å². The highest BCUT2D eigenvalue weighted by Gasteiger charge is 2.27. The summed E-state index contributed by atoms with van der Waals surface area (Å²) in [4.78, 5) is 23.7. The quantitative estimate of drug-likeness (QED) is 0.230. The van der Waals surface area contributed by atoms with E-state index in [2.05, 4.69) is 43.0 Å². The first-order valence-corrected chi connectivity index (χ1v) is 12.1. The van der Waals surface area contributed by atoms with E-state index in [1.807, 2.05) is 19.1 Å². The molecule has 0 bridgehead atoms. The molecule has 0 saturated carbocycles. The molecule has 2 N–H and O–H groups in total. The first-order valence-electron chi connectivity index (χ1n) is 10.5. The second-order valence-electron chi connectivity index (χ2n) is 8.76. The molecular formula is C24H35NO6S. The standard InChI is InChI=1S/C24H35NO6S/c1-17(12-13-20-19(3)11-8-14-24(20,4)5)9-7-10-18(2)15-22(26)25-21(23(27)31-6)16-32(28,29)30/h7,9-10,12-13,15,21H,8,11,14,16H2,1-6H3,(H,25,26)(H,28,29,30)/b10-7+,13-12+,17-9+,18-15+/t21-/m1/s1. The second-order valence-corrected chi connectivity index (χ2v) is 10.3. The summed E-state index contributed by atoms with van der Waals surface area (Å²) < 4.78 is 35.5. The zero-order valence-electron chi connectivity index (χ0n) is 19.8. The maximum absolute atomic E-state index is 12.1. The molecule has 1 amide bonds. The number of hydrogen-bond donors (Lipinski definition) is 2. The first-order chi connectivity index (χ1) is 14.7. The van der Waals surface area contributed by atoms with E-state index >= 15 is 0 Å². The molecule has 7 nitrogen and oxygen atoms in total. The third kappa shape index (κ3) is 9.78. The number of esters is 1. The molecule has 0 unspecified atom stereocenters. The van der Waals surface area contributed by atoms with Gasteiger partial charge in [-0.3, -0.25) is 9.35 Å². The summed E-state index contributed by atoms with van der Waals surface area (Å²) in [5, 5.41) is 2.23. The Bertz CT molecular complexity index is 964. The van der Waals surface area contributed by atoms with E-state index in [4.69, 9.17) is 4.55 Å². The molecule has 1 rings (SSSR count). The Hall–Kier alpha value is -2.45. The van der Waals surface area contributed by atoms with Crippen LogP contribution in [0.15, 0.2) is 58.7 Å². The van der Waals surface area contributed by atoms with Gasteiger partial charge in [-0.2, -0.15) is 8.42 Å². The van der Waals surface area contributed by atoms with Gasteiger partial charge >= 0.3 is 5.97 Å². The largest absolute Gasteiger partial charge is 0.467 e. The summed E-state index contributed by atoms with van der Waals surface area (Å²) in [6, 6.07) is -1.50. The fourth-order valence-electron chi connectivity index (χ4n) is 3.62. The molecule has 1 atom stereocenters. The zero-order valence-corrected chi connectivity index (χ0v) is 20.6. The lowest BCUT2D eigenvalue weighted by atomic mass is 9.72. The van der Waals surface area contributed by atoms with Gasteiger partial charge in [0.15, 0.2) is 0 Å². The molecule has 1 aliphatic rings. The van der Waals surface area contributed by atoms with Crippen LogP contribution in [0.1, 0.15) is 53.9 Å². The van der Waals surface area contributed by atoms with Crippen molar-refractivity contribution in [2.24, 2.45) is 5.41 Å². The maximum Gasteiger partial charge on any atom is 0.329 e. The zero-order chi connectivity index (χ0) is 24.5. The lowest BCUT2D eigenvalue weighted by Crippen LogP contribution is -2.45. The van der Waals surface area contributed by atoms with Crippen molar-refractivity contribution in [3.63, 3.8) is 0 Å². The molecule has 0 aromatic heterocycles. The number of nitrogens with one attached hydrogen (secondary N) is 1. The number of carbonyl (C=O) groups excluding carboxylic acids is 2. The van der Waals surface area contributed by atoms with Gasteiger partial charge in [0.05, 0.1) is 7.11 Å². The number of amides is 1. The van der Waals surface area contributed by atoms with Crippen molar-refractivity contribution in [1.29, 1.82) is 0 Å². The van der Waals surface area contributed by atoms with Crippen LogP contribution in [0, 0.1) is 5.41 Å². The van der Waals surface area contributed by atoms with Gasteiger partial charge in [-0.25, -0.2) is 4.79 Å². The lowest BCUT2D eigenvalue weighted by molar-refractivity contribution is -0.143. The summed E-state index contributed by atoms with van der Waals surface area (Å²) >= 11 is 0. The molecule has 0 fully saturated rings. The minimum atomic E-state index is -4.47. The van der Waals surface area contributed by atoms with Gasteiger partial charge in [0.2, 0.25) is 5.91 Å². The number of methoxy groups -OCH3 is 1. The molecule has 0 aromatic rings. The Labute approximate surface area is 191 Å². The van der Waals surface area contributed by atoms with Crippen molar-refractivity contribution < 1.29 is 27.3 Å². The molecule has 178 valence electrons. The molecular weight excluding hydrogens is 430 g/mol. The number of rotatable bonds is 9. The van der Waals surface area contributed by atoms with E-state index in [0.29, 0.717) is 5.57 Å². The van der Waals surface area contributed by atoms with Crippen molar-refractivity contribution in [3.05, 3.63) is 58.7 Å². The Morgan fingerprint density at radius 2 is 1.88 bits per heavy atom. The molecule has 0 spiro atoms. The average molecular weight is 466 g/mol. The molecule has 0 aliphatic heterocycles. The van der Waals surface area contributed by atoms with E-state index in [9.17, 15) is 18.0 Å². The van der Waals surface area contributed by atoms with Crippen LogP contribution in [-0.2, 0) is 24.4 Å². The van der Waals surface area contributed by atoms with Crippen LogP contribution in [-0.4, -0.2) is 43.8 Å². The SMILES string of the molecule is COC(=O)[C@@H](CS(=O)(=O)O)NC(=O)/C=C(C)/C=C/C=C(C)/C=C/C1=C(C)CCCC1(C)C. The van der Waals surface area contributed by atoms with E-state index in [1.165, 1.54) is 30.1 Å². The monoisotopic (exact) mass is 465 g/mol. The fourth-order valence-corrected chi connectivity index (χ4v) is 4.26. The van der Waals surface area contributed by atoms with Crippen molar-refractivity contribution in [2.45, 2.75) is 59.9 Å². The summed E-state index contributed by atoms with van der Waals surface area (Å²) in [6.45, 7) is 10.4. The lowest BCUT2D eigenvalue weighted by Gasteiger charge is -2.32. The molecule has 0 saturated heterocycles. The minimum Gasteiger partial charge on any atom is -0.467 e. The normalized spacial score (nSPS) is 18.8. The van der Waals surface area contributed by atoms with Crippen LogP contribution < -0.4 is 5.32 Å². The van der Waals surface area contributed by atoms with Crippen LogP contribution in [0.5, 0.6) is 0 Å². The smallest absolute Gasteiger partial charge is 0.329 e. The van der Waals surface area contributed by atoms with Crippen molar-refractivity contribution in [2.75, 3.05) is 12.9 Å². The molecule has 8 heteroatoms. The number of allylic oxidation sites excluding steroid dienone is 9. The molecule has 32 heavy (non-hydrogen) atoms. The summed E-state index contributed by atoms with van der Waals surface area (Å²) in [6.07, 6.45) is 14.5. The van der Waals surface area contributed by atoms with Crippen LogP contribution in [0.3, 0.4) is 0 Å². The maximum atomic E-state index is 12.1. The fraction of sp³-hybridized carbons (Fsp3) is 0.500. The molecule has 0 heterocycles. The van der Waals surface area contributed by atoms with E-state index < -0.39 is 33.8 Å². The van der Waals surface area contributed by atoms with Gasteiger partial charge in [0.1, 0.15) is 11.8 Å². The Kier molecular flexibility index (Phi) is 10.3. The van der Waals surface area contributed by atoms with Crippen molar-refractivity contribution in [3.8, 4) is 0 Å². The van der Waals surface area contributed by atoms with Gasteiger partial charge in [-0.05, 0) is 56.6 Å². The Morgan fingerprint density at radius 3 is 2.44 bits per heavy atom. The first kappa shape index (κ1) is 27.6. The third-order valence-corrected chi connectivity index (χ3v) is 6.07. The van der Waals surface area contributed by atoms with Gasteiger partial charge < -0.3 is 10.1 Å². The van der Waals surface area contributed by atoms with Crippen LogP contribution in [0.4, 0.5) is 0 Å². The van der Waals surface area contributed by atoms with Crippen LogP contribution in [0.25, 0.3) is 0 Å². The highest BCUT2D eigenvalue weighted by molar-refractivity contribution is 7.85. The van der Waals surface area contributed by atoms with E-state index in [-0.39, 0.29) is 5.41 Å². The second kappa shape index (κ2) is 12.0. The van der Waals surface area contributed by atoms with E-state index in [1.54, 1.807) is 13.0 Å². The number of hydrogen-bond acceptors (Lipinski definition) is 5. The van der Waals surface area contributed by atoms with Gasteiger partial charge in [0, 0.05) is 6.08 Å². The van der Waals surface area contributed by atoms with E-state index in [0.717, 1.165) is 19.1 Å². The number of carbonyl (C=O) groups is 2. The Morgan fingerprint density at radius 1 is 1.22 bits per heavy atom. The highest BCUT2D eigenvalue weighted by Crippen LogP contribution is 2.40. The predicted molar refractivity (Wildman–Crippen MR) is 126 cm³/mol. The predicted octanol–water partition coefficient (Wildman–Crippen LogP) is 4.06.